The molecule has 0 N–H and O–H groups in total. The third-order valence-electron chi connectivity index (χ3n) is 2.58. The molecule has 0 amide bonds. The van der Waals surface area contributed by atoms with E-state index in [1.165, 1.54) is 18.9 Å². The Hall–Kier alpha value is -0.0831. The number of allylic oxidation sites excluding steroid dienone is 1. The van der Waals surface area contributed by atoms with Crippen molar-refractivity contribution in [2.75, 3.05) is 0 Å². The van der Waals surface area contributed by atoms with E-state index in [1.54, 1.807) is 0 Å². The highest BCUT2D eigenvalue weighted by Crippen LogP contribution is 2.35. The van der Waals surface area contributed by atoms with Crippen molar-refractivity contribution >= 4 is 8.32 Å². The van der Waals surface area contributed by atoms with Crippen LogP contribution < -0.4 is 0 Å². The van der Waals surface area contributed by atoms with Gasteiger partial charge in [-0.1, -0.05) is 12.5 Å². The largest absolute Gasteiger partial charge is 0.412 e. The molecule has 1 fully saturated rings. The maximum Gasteiger partial charge on any atom is 0.194 e. The molecule has 1 rings (SSSR count). The van der Waals surface area contributed by atoms with Crippen molar-refractivity contribution in [1.82, 2.24) is 0 Å². The van der Waals surface area contributed by atoms with Gasteiger partial charge in [0.1, 0.15) is 0 Å². The van der Waals surface area contributed by atoms with Crippen LogP contribution in [0.15, 0.2) is 12.7 Å². The maximum atomic E-state index is 6.17. The first kappa shape index (κ1) is 10.0. The fraction of sp³-hybridized carbons (Fsp3) is 0.800. The molecule has 0 aromatic carbocycles. The predicted molar refractivity (Wildman–Crippen MR) is 55.8 cm³/mol. The molecule has 0 aromatic rings. The van der Waals surface area contributed by atoms with Crippen molar-refractivity contribution in [1.29, 1.82) is 0 Å². The standard InChI is InChI=1S/C10H20OSi/c1-5-8-12(4)9-6-7-10(2,3)11-12/h5H,1,6-9H2,2-4H3. The molecule has 70 valence electrons. The van der Waals surface area contributed by atoms with E-state index in [0.717, 1.165) is 6.04 Å². The predicted octanol–water partition coefficient (Wildman–Crippen LogP) is 3.34. The first-order chi connectivity index (χ1) is 5.47. The SMILES string of the molecule is C=CC[Si]1(C)CCCC(C)(C)O1. The van der Waals surface area contributed by atoms with Gasteiger partial charge in [-0.2, -0.15) is 0 Å². The van der Waals surface area contributed by atoms with E-state index in [-0.39, 0.29) is 5.60 Å². The minimum atomic E-state index is -1.39. The Kier molecular flexibility index (Phi) is 2.79. The second-order valence-electron chi connectivity index (χ2n) is 4.66. The number of hydrogen-bond donors (Lipinski definition) is 0. The Morgan fingerprint density at radius 3 is 2.75 bits per heavy atom. The van der Waals surface area contributed by atoms with Gasteiger partial charge in [-0.05, 0) is 38.9 Å². The maximum absolute atomic E-state index is 6.17. The van der Waals surface area contributed by atoms with Gasteiger partial charge in [0.05, 0.1) is 5.60 Å². The molecule has 12 heavy (non-hydrogen) atoms. The number of rotatable bonds is 2. The lowest BCUT2D eigenvalue weighted by Crippen LogP contribution is -2.46. The van der Waals surface area contributed by atoms with Gasteiger partial charge in [-0.15, -0.1) is 6.58 Å². The van der Waals surface area contributed by atoms with Gasteiger partial charge in [0.15, 0.2) is 8.32 Å². The summed E-state index contributed by atoms with van der Waals surface area (Å²) in [5.74, 6) is 0. The lowest BCUT2D eigenvalue weighted by Gasteiger charge is -2.41. The minimum absolute atomic E-state index is 0.127. The van der Waals surface area contributed by atoms with Crippen LogP contribution in [0.3, 0.4) is 0 Å². The van der Waals surface area contributed by atoms with Crippen LogP contribution in [0, 0.1) is 0 Å². The van der Waals surface area contributed by atoms with Gasteiger partial charge < -0.3 is 4.43 Å². The Balaban J connectivity index is 2.60. The third-order valence-corrected chi connectivity index (χ3v) is 6.19. The summed E-state index contributed by atoms with van der Waals surface area (Å²) in [6.45, 7) is 10.5. The second-order valence-corrected chi connectivity index (χ2v) is 8.67. The molecule has 1 heterocycles. The van der Waals surface area contributed by atoms with Crippen molar-refractivity contribution in [3.8, 4) is 0 Å². The molecular formula is C10H20OSi. The summed E-state index contributed by atoms with van der Waals surface area (Å²) in [5.41, 5.74) is 0.127. The van der Waals surface area contributed by atoms with E-state index in [9.17, 15) is 0 Å². The molecule has 0 aliphatic carbocycles. The zero-order valence-corrected chi connectivity index (χ0v) is 9.52. The third kappa shape index (κ3) is 2.46. The molecule has 2 heteroatoms. The zero-order chi connectivity index (χ0) is 9.24. The first-order valence-electron chi connectivity index (χ1n) is 4.79. The van der Waals surface area contributed by atoms with Crippen LogP contribution in [-0.2, 0) is 4.43 Å². The molecule has 0 aromatic heterocycles. The van der Waals surface area contributed by atoms with Crippen LogP contribution in [0.1, 0.15) is 26.7 Å². The molecule has 0 bridgehead atoms. The normalized spacial score (nSPS) is 34.6. The van der Waals surface area contributed by atoms with E-state index in [1.807, 2.05) is 6.08 Å². The molecule has 1 nitrogen and oxygen atoms in total. The van der Waals surface area contributed by atoms with Crippen molar-refractivity contribution < 1.29 is 4.43 Å². The van der Waals surface area contributed by atoms with E-state index >= 15 is 0 Å². The summed E-state index contributed by atoms with van der Waals surface area (Å²) in [6.07, 6.45) is 4.57. The van der Waals surface area contributed by atoms with Crippen LogP contribution in [0.4, 0.5) is 0 Å². The van der Waals surface area contributed by atoms with Gasteiger partial charge in [0, 0.05) is 0 Å². The average molecular weight is 184 g/mol. The van der Waals surface area contributed by atoms with Gasteiger partial charge in [-0.25, -0.2) is 0 Å². The average Bonchev–Trinajstić information content (AvgIpc) is 1.83. The van der Waals surface area contributed by atoms with Crippen LogP contribution in [0.25, 0.3) is 0 Å². The molecule has 0 radical (unpaired) electrons. The molecule has 0 saturated carbocycles. The van der Waals surface area contributed by atoms with Crippen LogP contribution in [0.2, 0.25) is 18.6 Å². The first-order valence-corrected chi connectivity index (χ1v) is 7.61. The van der Waals surface area contributed by atoms with Gasteiger partial charge in [-0.3, -0.25) is 0 Å². The zero-order valence-electron chi connectivity index (χ0n) is 8.52. The Morgan fingerprint density at radius 1 is 1.58 bits per heavy atom. The van der Waals surface area contributed by atoms with E-state index in [2.05, 4.69) is 27.0 Å². The van der Waals surface area contributed by atoms with Crippen molar-refractivity contribution in [2.45, 2.75) is 50.9 Å². The second kappa shape index (κ2) is 3.34. The molecule has 0 spiro atoms. The monoisotopic (exact) mass is 184 g/mol. The van der Waals surface area contributed by atoms with Gasteiger partial charge >= 0.3 is 0 Å². The highest BCUT2D eigenvalue weighted by Gasteiger charge is 2.38. The lowest BCUT2D eigenvalue weighted by atomic mass is 10.0. The molecule has 1 atom stereocenters. The summed E-state index contributed by atoms with van der Waals surface area (Å²) < 4.78 is 6.17. The fourth-order valence-corrected chi connectivity index (χ4v) is 5.47. The highest BCUT2D eigenvalue weighted by molar-refractivity contribution is 6.73. The van der Waals surface area contributed by atoms with Crippen molar-refractivity contribution in [2.24, 2.45) is 0 Å². The van der Waals surface area contributed by atoms with E-state index in [4.69, 9.17) is 4.43 Å². The van der Waals surface area contributed by atoms with Crippen LogP contribution in [0.5, 0.6) is 0 Å². The Bertz CT molecular complexity index is 177. The molecule has 1 aliphatic heterocycles. The van der Waals surface area contributed by atoms with E-state index < -0.39 is 8.32 Å². The Labute approximate surface area is 76.9 Å². The highest BCUT2D eigenvalue weighted by atomic mass is 28.4. The quantitative estimate of drug-likeness (QED) is 0.472. The van der Waals surface area contributed by atoms with Gasteiger partial charge in [0.2, 0.25) is 0 Å². The van der Waals surface area contributed by atoms with E-state index in [0.29, 0.717) is 0 Å². The molecule has 1 aliphatic rings. The minimum Gasteiger partial charge on any atom is -0.412 e. The van der Waals surface area contributed by atoms with Crippen LogP contribution >= 0.6 is 0 Å². The summed E-state index contributed by atoms with van der Waals surface area (Å²) in [5, 5.41) is 0. The fourth-order valence-electron chi connectivity index (χ4n) is 2.11. The lowest BCUT2D eigenvalue weighted by molar-refractivity contribution is 0.0710. The molecule has 1 unspecified atom stereocenters. The summed E-state index contributed by atoms with van der Waals surface area (Å²) in [7, 11) is -1.39. The van der Waals surface area contributed by atoms with Gasteiger partial charge in [0.25, 0.3) is 0 Å². The van der Waals surface area contributed by atoms with Crippen molar-refractivity contribution in [3.05, 3.63) is 12.7 Å². The Morgan fingerprint density at radius 2 is 2.25 bits per heavy atom. The van der Waals surface area contributed by atoms with Crippen LogP contribution in [-0.4, -0.2) is 13.9 Å². The summed E-state index contributed by atoms with van der Waals surface area (Å²) in [4.78, 5) is 0. The summed E-state index contributed by atoms with van der Waals surface area (Å²) in [6, 6.07) is 2.42. The molecular weight excluding hydrogens is 164 g/mol. The summed E-state index contributed by atoms with van der Waals surface area (Å²) >= 11 is 0. The molecule has 1 saturated heterocycles. The smallest absolute Gasteiger partial charge is 0.194 e. The number of hydrogen-bond acceptors (Lipinski definition) is 1. The van der Waals surface area contributed by atoms with Crippen molar-refractivity contribution in [3.63, 3.8) is 0 Å². The topological polar surface area (TPSA) is 9.23 Å².